The summed E-state index contributed by atoms with van der Waals surface area (Å²) in [7, 11) is 1.53. The molecule has 1 aromatic carbocycles. The van der Waals surface area contributed by atoms with Crippen molar-refractivity contribution >= 4 is 17.7 Å². The number of anilines is 1. The molecule has 16 heavy (non-hydrogen) atoms. The Hall–Kier alpha value is -2.13. The molecule has 0 saturated heterocycles. The van der Waals surface area contributed by atoms with E-state index in [-0.39, 0.29) is 12.5 Å². The van der Waals surface area contributed by atoms with E-state index in [1.54, 1.807) is 6.07 Å². The van der Waals surface area contributed by atoms with Gasteiger partial charge in [0.15, 0.2) is 0 Å². The van der Waals surface area contributed by atoms with E-state index in [9.17, 15) is 9.59 Å². The van der Waals surface area contributed by atoms with Crippen molar-refractivity contribution in [1.82, 2.24) is 0 Å². The second-order valence-corrected chi connectivity index (χ2v) is 3.46. The minimum Gasteiger partial charge on any atom is -0.495 e. The SMILES string of the molecule is COc1cc(CN=C=O)cc2c1NC(=O)C2. The largest absolute Gasteiger partial charge is 0.495 e. The van der Waals surface area contributed by atoms with Gasteiger partial charge in [0.1, 0.15) is 5.75 Å². The third-order valence-electron chi connectivity index (χ3n) is 2.41. The number of fused-ring (bicyclic) bond motifs is 1. The van der Waals surface area contributed by atoms with Crippen LogP contribution in [0.2, 0.25) is 0 Å². The summed E-state index contributed by atoms with van der Waals surface area (Å²) in [5, 5.41) is 2.73. The molecule has 1 aromatic rings. The maximum atomic E-state index is 11.2. The second-order valence-electron chi connectivity index (χ2n) is 3.46. The number of nitrogens with one attached hydrogen (secondary N) is 1. The topological polar surface area (TPSA) is 67.8 Å². The molecule has 0 bridgehead atoms. The van der Waals surface area contributed by atoms with Crippen LogP contribution in [0.3, 0.4) is 0 Å². The number of methoxy groups -OCH3 is 1. The van der Waals surface area contributed by atoms with Crippen LogP contribution in [0.25, 0.3) is 0 Å². The van der Waals surface area contributed by atoms with Gasteiger partial charge in [0.2, 0.25) is 12.0 Å². The lowest BCUT2D eigenvalue weighted by atomic mass is 10.1. The first-order chi connectivity index (χ1) is 7.74. The maximum Gasteiger partial charge on any atom is 0.235 e. The van der Waals surface area contributed by atoms with Crippen LogP contribution < -0.4 is 10.1 Å². The smallest absolute Gasteiger partial charge is 0.235 e. The van der Waals surface area contributed by atoms with Crippen molar-refractivity contribution in [2.75, 3.05) is 12.4 Å². The summed E-state index contributed by atoms with van der Waals surface area (Å²) in [6.45, 7) is 0.251. The third-order valence-corrected chi connectivity index (χ3v) is 2.41. The molecular formula is C11H10N2O3. The molecule has 1 heterocycles. The average Bonchev–Trinajstić information content (AvgIpc) is 2.65. The lowest BCUT2D eigenvalue weighted by Gasteiger charge is -2.08. The van der Waals surface area contributed by atoms with Gasteiger partial charge in [-0.25, -0.2) is 9.79 Å². The van der Waals surface area contributed by atoms with Crippen molar-refractivity contribution in [3.05, 3.63) is 23.3 Å². The number of amides is 1. The van der Waals surface area contributed by atoms with Crippen LogP contribution in [0.5, 0.6) is 5.75 Å². The predicted molar refractivity (Wildman–Crippen MR) is 57.2 cm³/mol. The fourth-order valence-corrected chi connectivity index (χ4v) is 1.75. The zero-order chi connectivity index (χ0) is 11.5. The van der Waals surface area contributed by atoms with E-state index in [0.717, 1.165) is 11.1 Å². The highest BCUT2D eigenvalue weighted by atomic mass is 16.5. The molecule has 5 heteroatoms. The molecule has 1 aliphatic rings. The van der Waals surface area contributed by atoms with Gasteiger partial charge in [-0.2, -0.15) is 0 Å². The molecule has 1 amide bonds. The van der Waals surface area contributed by atoms with Crippen molar-refractivity contribution in [2.45, 2.75) is 13.0 Å². The standard InChI is InChI=1S/C11H10N2O3/c1-16-9-3-7(5-12-6-14)2-8-4-10(15)13-11(8)9/h2-3H,4-5H2,1H3,(H,13,15). The molecule has 0 saturated carbocycles. The minimum absolute atomic E-state index is 0.0515. The van der Waals surface area contributed by atoms with E-state index in [1.807, 2.05) is 6.07 Å². The van der Waals surface area contributed by atoms with Gasteiger partial charge in [-0.05, 0) is 17.2 Å². The van der Waals surface area contributed by atoms with Gasteiger partial charge in [0, 0.05) is 0 Å². The lowest BCUT2D eigenvalue weighted by Crippen LogP contribution is -2.04. The number of hydrogen-bond acceptors (Lipinski definition) is 4. The Balaban J connectivity index is 2.42. The first kappa shape index (κ1) is 10.4. The highest BCUT2D eigenvalue weighted by Crippen LogP contribution is 2.34. The zero-order valence-electron chi connectivity index (χ0n) is 8.74. The van der Waals surface area contributed by atoms with Gasteiger partial charge in [-0.3, -0.25) is 4.79 Å². The fourth-order valence-electron chi connectivity index (χ4n) is 1.75. The van der Waals surface area contributed by atoms with Crippen molar-refractivity contribution < 1.29 is 14.3 Å². The van der Waals surface area contributed by atoms with Crippen LogP contribution in [-0.2, 0) is 22.6 Å². The summed E-state index contributed by atoms with van der Waals surface area (Å²) in [4.78, 5) is 24.8. The Morgan fingerprint density at radius 3 is 3.06 bits per heavy atom. The maximum absolute atomic E-state index is 11.2. The summed E-state index contributed by atoms with van der Waals surface area (Å²) in [6, 6.07) is 3.60. The van der Waals surface area contributed by atoms with E-state index >= 15 is 0 Å². The van der Waals surface area contributed by atoms with Crippen molar-refractivity contribution in [3.8, 4) is 5.75 Å². The molecule has 0 radical (unpaired) electrons. The highest BCUT2D eigenvalue weighted by Gasteiger charge is 2.22. The first-order valence-corrected chi connectivity index (χ1v) is 4.78. The Morgan fingerprint density at radius 1 is 1.56 bits per heavy atom. The fraction of sp³-hybridized carbons (Fsp3) is 0.273. The molecule has 0 aromatic heterocycles. The summed E-state index contributed by atoms with van der Waals surface area (Å²) in [5.74, 6) is 0.545. The number of aliphatic imine (C=N–C) groups is 1. The van der Waals surface area contributed by atoms with Gasteiger partial charge >= 0.3 is 0 Å². The highest BCUT2D eigenvalue weighted by molar-refractivity contribution is 6.01. The number of rotatable bonds is 3. The van der Waals surface area contributed by atoms with E-state index in [0.29, 0.717) is 17.9 Å². The molecule has 1 aliphatic heterocycles. The number of isocyanates is 1. The molecule has 0 atom stereocenters. The molecule has 5 nitrogen and oxygen atoms in total. The van der Waals surface area contributed by atoms with Crippen LogP contribution in [0.1, 0.15) is 11.1 Å². The van der Waals surface area contributed by atoms with E-state index < -0.39 is 0 Å². The van der Waals surface area contributed by atoms with Gasteiger partial charge in [-0.15, -0.1) is 0 Å². The first-order valence-electron chi connectivity index (χ1n) is 4.78. The van der Waals surface area contributed by atoms with Gasteiger partial charge < -0.3 is 10.1 Å². The van der Waals surface area contributed by atoms with Gasteiger partial charge in [0.05, 0.1) is 25.8 Å². The molecular weight excluding hydrogens is 208 g/mol. The molecule has 1 N–H and O–H groups in total. The van der Waals surface area contributed by atoms with Crippen LogP contribution in [-0.4, -0.2) is 19.1 Å². The Morgan fingerprint density at radius 2 is 2.38 bits per heavy atom. The second kappa shape index (κ2) is 4.16. The van der Waals surface area contributed by atoms with E-state index in [1.165, 1.54) is 13.2 Å². The Kier molecular flexibility index (Phi) is 2.70. The van der Waals surface area contributed by atoms with Crippen LogP contribution in [0.4, 0.5) is 5.69 Å². The zero-order valence-corrected chi connectivity index (χ0v) is 8.74. The van der Waals surface area contributed by atoms with Gasteiger partial charge in [0.25, 0.3) is 0 Å². The predicted octanol–water partition coefficient (Wildman–Crippen LogP) is 1.03. The number of hydrogen-bond donors (Lipinski definition) is 1. The molecule has 0 fully saturated rings. The Bertz CT molecular complexity index is 490. The molecule has 2 rings (SSSR count). The summed E-state index contributed by atoms with van der Waals surface area (Å²) >= 11 is 0. The summed E-state index contributed by atoms with van der Waals surface area (Å²) < 4.78 is 5.17. The number of nitrogens with zero attached hydrogens (tertiary/aromatic N) is 1. The average molecular weight is 218 g/mol. The number of carbonyl (C=O) groups is 1. The Labute approximate surface area is 92.1 Å². The minimum atomic E-state index is -0.0515. The van der Waals surface area contributed by atoms with E-state index in [2.05, 4.69) is 10.3 Å². The van der Waals surface area contributed by atoms with Crippen molar-refractivity contribution in [2.24, 2.45) is 4.99 Å². The quantitative estimate of drug-likeness (QED) is 0.608. The van der Waals surface area contributed by atoms with Gasteiger partial charge in [-0.1, -0.05) is 6.07 Å². The number of carbonyl (C=O) groups excluding carboxylic acids is 2. The molecule has 82 valence electrons. The molecule has 0 unspecified atom stereocenters. The van der Waals surface area contributed by atoms with E-state index in [4.69, 9.17) is 4.74 Å². The lowest BCUT2D eigenvalue weighted by molar-refractivity contribution is -0.115. The van der Waals surface area contributed by atoms with Crippen LogP contribution in [0.15, 0.2) is 17.1 Å². The van der Waals surface area contributed by atoms with Crippen molar-refractivity contribution in [1.29, 1.82) is 0 Å². The summed E-state index contributed by atoms with van der Waals surface area (Å²) in [5.41, 5.74) is 2.42. The van der Waals surface area contributed by atoms with Crippen LogP contribution >= 0.6 is 0 Å². The summed E-state index contributed by atoms with van der Waals surface area (Å²) in [6.07, 6.45) is 1.82. The normalized spacial score (nSPS) is 12.7. The van der Waals surface area contributed by atoms with Crippen LogP contribution in [0, 0.1) is 0 Å². The number of benzene rings is 1. The van der Waals surface area contributed by atoms with Crippen molar-refractivity contribution in [3.63, 3.8) is 0 Å². The number of ether oxygens (including phenoxy) is 1. The third kappa shape index (κ3) is 1.81. The molecule has 0 aliphatic carbocycles. The molecule has 0 spiro atoms. The monoisotopic (exact) mass is 218 g/mol.